The average Bonchev–Trinajstić information content (AvgIpc) is 3.03. The predicted molar refractivity (Wildman–Crippen MR) is 106 cm³/mol. The Balaban J connectivity index is 1.63. The third kappa shape index (κ3) is 2.49. The van der Waals surface area contributed by atoms with Gasteiger partial charge in [0.05, 0.1) is 0 Å². The van der Waals surface area contributed by atoms with E-state index < -0.39 is 0 Å². The maximum absolute atomic E-state index is 6.09. The molecule has 1 aliphatic rings. The van der Waals surface area contributed by atoms with Crippen molar-refractivity contribution < 1.29 is 4.74 Å². The highest BCUT2D eigenvalue weighted by Gasteiger charge is 2.29. The lowest BCUT2D eigenvalue weighted by Crippen LogP contribution is -1.99. The van der Waals surface area contributed by atoms with Crippen molar-refractivity contribution in [3.05, 3.63) is 120 Å². The van der Waals surface area contributed by atoms with Crippen LogP contribution >= 0.6 is 0 Å². The van der Waals surface area contributed by atoms with E-state index >= 15 is 0 Å². The van der Waals surface area contributed by atoms with E-state index in [2.05, 4.69) is 72.8 Å². The summed E-state index contributed by atoms with van der Waals surface area (Å²) in [6, 6.07) is 35.8. The van der Waals surface area contributed by atoms with Gasteiger partial charge in [0, 0.05) is 5.92 Å². The molecule has 0 radical (unpaired) electrons. The third-order valence-electron chi connectivity index (χ3n) is 5.01. The summed E-state index contributed by atoms with van der Waals surface area (Å²) < 4.78 is 6.09. The molecule has 1 atom stereocenters. The molecule has 0 amide bonds. The molecule has 4 aromatic rings. The zero-order valence-corrected chi connectivity index (χ0v) is 14.3. The normalized spacial score (nSPS) is 14.5. The summed E-state index contributed by atoms with van der Waals surface area (Å²) >= 11 is 0. The molecule has 0 N–H and O–H groups in total. The lowest BCUT2D eigenvalue weighted by atomic mass is 9.89. The fraction of sp³-hybridized carbons (Fsp3) is 0.0400. The fourth-order valence-electron chi connectivity index (χ4n) is 3.88. The molecular weight excluding hydrogens is 316 g/mol. The summed E-state index contributed by atoms with van der Waals surface area (Å²) in [6.45, 7) is 0. The van der Waals surface area contributed by atoms with Crippen molar-refractivity contribution in [1.82, 2.24) is 0 Å². The number of hydrogen-bond acceptors (Lipinski definition) is 1. The molecule has 0 saturated carbocycles. The minimum Gasteiger partial charge on any atom is -0.457 e. The quantitative estimate of drug-likeness (QED) is 0.359. The van der Waals surface area contributed by atoms with Gasteiger partial charge in [0.25, 0.3) is 0 Å². The Hall–Kier alpha value is -3.32. The van der Waals surface area contributed by atoms with Crippen LogP contribution in [0, 0.1) is 0 Å². The number of benzene rings is 4. The van der Waals surface area contributed by atoms with E-state index in [0.29, 0.717) is 0 Å². The van der Waals surface area contributed by atoms with Crippen LogP contribution in [0.5, 0.6) is 11.5 Å². The van der Waals surface area contributed by atoms with E-state index in [0.717, 1.165) is 11.5 Å². The van der Waals surface area contributed by atoms with Gasteiger partial charge in [-0.3, -0.25) is 0 Å². The molecule has 0 spiro atoms. The fourth-order valence-corrected chi connectivity index (χ4v) is 3.88. The van der Waals surface area contributed by atoms with E-state index in [-0.39, 0.29) is 5.92 Å². The SMILES string of the molecule is c1ccc(Oc2ccc3c(c2)C(c2ccccc2)c2ccccc2-3)cc1. The van der Waals surface area contributed by atoms with Crippen molar-refractivity contribution in [3.8, 4) is 22.6 Å². The van der Waals surface area contributed by atoms with Crippen LogP contribution < -0.4 is 4.74 Å². The molecule has 0 bridgehead atoms. The monoisotopic (exact) mass is 334 g/mol. The Kier molecular flexibility index (Phi) is 3.57. The van der Waals surface area contributed by atoms with Gasteiger partial charge in [0.2, 0.25) is 0 Å². The highest BCUT2D eigenvalue weighted by Crippen LogP contribution is 2.49. The maximum Gasteiger partial charge on any atom is 0.127 e. The molecule has 124 valence electrons. The Labute approximate surface area is 153 Å². The van der Waals surface area contributed by atoms with Crippen LogP contribution in [0.2, 0.25) is 0 Å². The summed E-state index contributed by atoms with van der Waals surface area (Å²) in [5.74, 6) is 1.99. The van der Waals surface area contributed by atoms with Gasteiger partial charge in [0.15, 0.2) is 0 Å². The highest BCUT2D eigenvalue weighted by molar-refractivity contribution is 5.81. The van der Waals surface area contributed by atoms with E-state index in [1.165, 1.54) is 27.8 Å². The molecule has 0 aromatic heterocycles. The molecule has 26 heavy (non-hydrogen) atoms. The van der Waals surface area contributed by atoms with Crippen LogP contribution in [0.3, 0.4) is 0 Å². The lowest BCUT2D eigenvalue weighted by molar-refractivity contribution is 0.482. The molecule has 0 saturated heterocycles. The maximum atomic E-state index is 6.09. The molecule has 1 nitrogen and oxygen atoms in total. The van der Waals surface area contributed by atoms with Crippen molar-refractivity contribution in [2.75, 3.05) is 0 Å². The molecule has 0 aliphatic heterocycles. The average molecular weight is 334 g/mol. The number of ether oxygens (including phenoxy) is 1. The standard InChI is InChI=1S/C25H18O/c1-3-9-18(10-4-1)25-23-14-8-7-13-21(23)22-16-15-20(17-24(22)25)26-19-11-5-2-6-12-19/h1-17,25H. The van der Waals surface area contributed by atoms with Gasteiger partial charge >= 0.3 is 0 Å². The Bertz CT molecular complexity index is 1050. The highest BCUT2D eigenvalue weighted by atomic mass is 16.5. The first-order chi connectivity index (χ1) is 12.9. The Morgan fingerprint density at radius 2 is 1.15 bits per heavy atom. The molecule has 1 heteroatoms. The summed E-state index contributed by atoms with van der Waals surface area (Å²) in [7, 11) is 0. The van der Waals surface area contributed by atoms with Crippen LogP contribution in [-0.2, 0) is 0 Å². The first kappa shape index (κ1) is 15.0. The van der Waals surface area contributed by atoms with Crippen LogP contribution in [-0.4, -0.2) is 0 Å². The molecule has 0 fully saturated rings. The van der Waals surface area contributed by atoms with Gasteiger partial charge in [-0.15, -0.1) is 0 Å². The second-order valence-corrected chi connectivity index (χ2v) is 6.60. The summed E-state index contributed by atoms with van der Waals surface area (Å²) in [5, 5.41) is 0. The predicted octanol–water partition coefficient (Wildman–Crippen LogP) is 6.64. The number of fused-ring (bicyclic) bond motifs is 3. The summed E-state index contributed by atoms with van der Waals surface area (Å²) in [5.41, 5.74) is 6.62. The van der Waals surface area contributed by atoms with Crippen LogP contribution in [0.15, 0.2) is 103 Å². The number of para-hydroxylation sites is 1. The minimum atomic E-state index is 0.252. The van der Waals surface area contributed by atoms with E-state index in [1.54, 1.807) is 0 Å². The second kappa shape index (κ2) is 6.20. The van der Waals surface area contributed by atoms with Gasteiger partial charge < -0.3 is 4.74 Å². The van der Waals surface area contributed by atoms with Gasteiger partial charge in [-0.2, -0.15) is 0 Å². The van der Waals surface area contributed by atoms with Crippen molar-refractivity contribution >= 4 is 0 Å². The molecule has 0 heterocycles. The number of rotatable bonds is 3. The van der Waals surface area contributed by atoms with Crippen molar-refractivity contribution in [2.45, 2.75) is 5.92 Å². The van der Waals surface area contributed by atoms with Gasteiger partial charge in [-0.1, -0.05) is 78.9 Å². The Morgan fingerprint density at radius 1 is 0.500 bits per heavy atom. The lowest BCUT2D eigenvalue weighted by Gasteiger charge is -2.15. The largest absolute Gasteiger partial charge is 0.457 e. The van der Waals surface area contributed by atoms with Crippen molar-refractivity contribution in [1.29, 1.82) is 0 Å². The van der Waals surface area contributed by atoms with Crippen molar-refractivity contribution in [3.63, 3.8) is 0 Å². The first-order valence-electron chi connectivity index (χ1n) is 8.91. The molecule has 1 aliphatic carbocycles. The zero-order valence-electron chi connectivity index (χ0n) is 14.3. The zero-order chi connectivity index (χ0) is 17.3. The Morgan fingerprint density at radius 3 is 1.96 bits per heavy atom. The molecule has 1 unspecified atom stereocenters. The van der Waals surface area contributed by atoms with Gasteiger partial charge in [-0.25, -0.2) is 0 Å². The van der Waals surface area contributed by atoms with Gasteiger partial charge in [0.1, 0.15) is 11.5 Å². The number of hydrogen-bond donors (Lipinski definition) is 0. The van der Waals surface area contributed by atoms with E-state index in [4.69, 9.17) is 4.74 Å². The van der Waals surface area contributed by atoms with Crippen LogP contribution in [0.25, 0.3) is 11.1 Å². The van der Waals surface area contributed by atoms with Crippen LogP contribution in [0.4, 0.5) is 0 Å². The smallest absolute Gasteiger partial charge is 0.127 e. The summed E-state index contributed by atoms with van der Waals surface area (Å²) in [6.07, 6.45) is 0. The van der Waals surface area contributed by atoms with Crippen molar-refractivity contribution in [2.24, 2.45) is 0 Å². The molecule has 4 aromatic carbocycles. The third-order valence-corrected chi connectivity index (χ3v) is 5.01. The first-order valence-corrected chi connectivity index (χ1v) is 8.91. The van der Waals surface area contributed by atoms with Crippen LogP contribution in [0.1, 0.15) is 22.6 Å². The molecular formula is C25H18O. The topological polar surface area (TPSA) is 9.23 Å². The molecule has 5 rings (SSSR count). The second-order valence-electron chi connectivity index (χ2n) is 6.60. The summed E-state index contributed by atoms with van der Waals surface area (Å²) in [4.78, 5) is 0. The minimum absolute atomic E-state index is 0.252. The van der Waals surface area contributed by atoms with E-state index in [1.807, 2.05) is 30.3 Å². The van der Waals surface area contributed by atoms with Gasteiger partial charge in [-0.05, 0) is 52.1 Å². The van der Waals surface area contributed by atoms with E-state index in [9.17, 15) is 0 Å².